The van der Waals surface area contributed by atoms with E-state index in [1.54, 1.807) is 6.33 Å². The van der Waals surface area contributed by atoms with E-state index in [0.29, 0.717) is 42.4 Å². The van der Waals surface area contributed by atoms with Crippen molar-refractivity contribution in [3.63, 3.8) is 0 Å². The minimum atomic E-state index is -3.53. The number of aromatic nitrogens is 7. The van der Waals surface area contributed by atoms with Gasteiger partial charge in [-0.1, -0.05) is 30.3 Å². The van der Waals surface area contributed by atoms with Crippen LogP contribution in [-0.2, 0) is 16.6 Å². The number of anilines is 2. The number of hydrogen-bond donors (Lipinski definition) is 2. The highest BCUT2D eigenvalue weighted by Gasteiger charge is 2.16. The average molecular weight is 456 g/mol. The second-order valence-electron chi connectivity index (χ2n) is 7.52. The molecule has 0 saturated carbocycles. The zero-order valence-corrected chi connectivity index (χ0v) is 18.7. The minimum Gasteiger partial charge on any atom is -0.364 e. The summed E-state index contributed by atoms with van der Waals surface area (Å²) in [5.74, 6) is 0.957. The van der Waals surface area contributed by atoms with Gasteiger partial charge in [0.15, 0.2) is 17.0 Å². The first-order valence-electron chi connectivity index (χ1n) is 10.3. The molecule has 0 amide bonds. The largest absolute Gasteiger partial charge is 0.364 e. The van der Waals surface area contributed by atoms with Crippen LogP contribution in [0.15, 0.2) is 49.3 Å². The Hall–Kier alpha value is -3.54. The predicted octanol–water partition coefficient (Wildman–Crippen LogP) is 2.29. The summed E-state index contributed by atoms with van der Waals surface area (Å²) in [7, 11) is -3.53. The van der Waals surface area contributed by atoms with Gasteiger partial charge in [-0.15, -0.1) is 9.19 Å². The first-order valence-corrected chi connectivity index (χ1v) is 11.9. The van der Waals surface area contributed by atoms with Gasteiger partial charge in [0, 0.05) is 19.1 Å². The normalized spacial score (nSPS) is 11.8. The molecule has 168 valence electrons. The molecule has 4 aromatic rings. The van der Waals surface area contributed by atoms with Crippen LogP contribution in [0.2, 0.25) is 0 Å². The Kier molecular flexibility index (Phi) is 6.30. The number of rotatable bonds is 10. The molecule has 0 aliphatic heterocycles. The number of imidazole rings is 1. The number of nitrogens with zero attached hydrogens (tertiary/aromatic N) is 7. The summed E-state index contributed by atoms with van der Waals surface area (Å²) in [5, 5.41) is 10.2. The topological polar surface area (TPSA) is 133 Å². The summed E-state index contributed by atoms with van der Waals surface area (Å²) in [6.07, 6.45) is 4.49. The number of nitrogens with one attached hydrogen (secondary N) is 2. The van der Waals surface area contributed by atoms with E-state index in [9.17, 15) is 8.42 Å². The molecule has 0 radical (unpaired) electrons. The highest BCUT2D eigenvalue weighted by atomic mass is 32.2. The molecule has 2 N–H and O–H groups in total. The Morgan fingerprint density at radius 3 is 2.59 bits per heavy atom. The molecule has 0 unspecified atom stereocenters. The van der Waals surface area contributed by atoms with Crippen LogP contribution in [0.1, 0.15) is 31.9 Å². The summed E-state index contributed by atoms with van der Waals surface area (Å²) in [6, 6.07) is 10.2. The second kappa shape index (κ2) is 9.30. The molecular formula is C20H25N9O2S. The summed E-state index contributed by atoms with van der Waals surface area (Å²) >= 11 is 0. The molecule has 0 atom stereocenters. The summed E-state index contributed by atoms with van der Waals surface area (Å²) in [5.41, 5.74) is 2.52. The third kappa shape index (κ3) is 4.85. The lowest BCUT2D eigenvalue weighted by Gasteiger charge is -2.12. The fourth-order valence-corrected chi connectivity index (χ4v) is 4.25. The van der Waals surface area contributed by atoms with Crippen molar-refractivity contribution in [1.29, 1.82) is 0 Å². The van der Waals surface area contributed by atoms with Gasteiger partial charge in [-0.05, 0) is 25.8 Å². The SMILES string of the molecule is CC(C)n1cnc2c(NCc3ccccc3)nc(NCCCS(=O)(=O)n3cncn3)nc21. The van der Waals surface area contributed by atoms with Crippen LogP contribution < -0.4 is 10.6 Å². The van der Waals surface area contributed by atoms with Crippen LogP contribution in [0.4, 0.5) is 11.8 Å². The van der Waals surface area contributed by atoms with E-state index in [4.69, 9.17) is 0 Å². The van der Waals surface area contributed by atoms with Crippen molar-refractivity contribution in [3.8, 4) is 0 Å². The van der Waals surface area contributed by atoms with Gasteiger partial charge in [-0.2, -0.15) is 9.97 Å². The summed E-state index contributed by atoms with van der Waals surface area (Å²) < 4.78 is 27.3. The van der Waals surface area contributed by atoms with Gasteiger partial charge >= 0.3 is 0 Å². The number of benzene rings is 1. The van der Waals surface area contributed by atoms with Crippen LogP contribution >= 0.6 is 0 Å². The lowest BCUT2D eigenvalue weighted by molar-refractivity contribution is 0.578. The minimum absolute atomic E-state index is 0.0748. The Morgan fingerprint density at radius 2 is 1.88 bits per heavy atom. The van der Waals surface area contributed by atoms with Gasteiger partial charge in [0.1, 0.15) is 12.7 Å². The van der Waals surface area contributed by atoms with Crippen LogP contribution in [0.3, 0.4) is 0 Å². The Morgan fingerprint density at radius 1 is 1.06 bits per heavy atom. The molecule has 3 aromatic heterocycles. The van der Waals surface area contributed by atoms with Crippen molar-refractivity contribution in [2.24, 2.45) is 0 Å². The van der Waals surface area contributed by atoms with Crippen molar-refractivity contribution >= 4 is 33.0 Å². The maximum absolute atomic E-state index is 12.2. The summed E-state index contributed by atoms with van der Waals surface area (Å²) in [4.78, 5) is 17.4. The van der Waals surface area contributed by atoms with Crippen molar-refractivity contribution in [2.75, 3.05) is 22.9 Å². The van der Waals surface area contributed by atoms with Crippen molar-refractivity contribution < 1.29 is 8.42 Å². The third-order valence-corrected chi connectivity index (χ3v) is 6.39. The molecule has 0 aliphatic carbocycles. The average Bonchev–Trinajstić information content (AvgIpc) is 3.46. The molecule has 0 aliphatic rings. The maximum Gasteiger partial charge on any atom is 0.255 e. The van der Waals surface area contributed by atoms with Gasteiger partial charge in [-0.3, -0.25) is 0 Å². The molecule has 4 rings (SSSR count). The van der Waals surface area contributed by atoms with E-state index >= 15 is 0 Å². The second-order valence-corrected chi connectivity index (χ2v) is 9.46. The zero-order chi connectivity index (χ0) is 22.6. The van der Waals surface area contributed by atoms with E-state index in [0.717, 1.165) is 9.65 Å². The monoisotopic (exact) mass is 455 g/mol. The molecule has 0 bridgehead atoms. The third-order valence-electron chi connectivity index (χ3n) is 4.83. The quantitative estimate of drug-likeness (QED) is 0.346. The van der Waals surface area contributed by atoms with E-state index in [1.165, 1.54) is 12.7 Å². The molecule has 32 heavy (non-hydrogen) atoms. The Labute approximate surface area is 186 Å². The molecule has 0 saturated heterocycles. The van der Waals surface area contributed by atoms with Crippen molar-refractivity contribution in [3.05, 3.63) is 54.9 Å². The fourth-order valence-electron chi connectivity index (χ4n) is 3.17. The summed E-state index contributed by atoms with van der Waals surface area (Å²) in [6.45, 7) is 5.09. The van der Waals surface area contributed by atoms with Gasteiger partial charge in [0.05, 0.1) is 12.1 Å². The standard InChI is InChI=1S/C20H25N9O2S/c1-15(2)28-14-24-17-18(23-11-16-7-4-3-5-8-16)26-20(27-19(17)28)22-9-6-10-32(30,31)29-13-21-12-25-29/h3-5,7-8,12-15H,6,9-11H2,1-2H3,(H2,22,23,26,27). The lowest BCUT2D eigenvalue weighted by Crippen LogP contribution is -2.19. The van der Waals surface area contributed by atoms with Gasteiger partial charge in [0.25, 0.3) is 10.0 Å². The molecule has 0 spiro atoms. The van der Waals surface area contributed by atoms with E-state index in [2.05, 4.69) is 49.5 Å². The van der Waals surface area contributed by atoms with Crippen LogP contribution in [-0.4, -0.2) is 54.4 Å². The number of hydrogen-bond acceptors (Lipinski definition) is 9. The molecule has 1 aromatic carbocycles. The highest BCUT2D eigenvalue weighted by Crippen LogP contribution is 2.23. The van der Waals surface area contributed by atoms with Crippen LogP contribution in [0, 0.1) is 0 Å². The fraction of sp³-hybridized carbons (Fsp3) is 0.350. The van der Waals surface area contributed by atoms with Crippen LogP contribution in [0.25, 0.3) is 11.2 Å². The van der Waals surface area contributed by atoms with E-state index in [1.807, 2.05) is 34.9 Å². The smallest absolute Gasteiger partial charge is 0.255 e. The van der Waals surface area contributed by atoms with E-state index < -0.39 is 10.0 Å². The molecule has 3 heterocycles. The van der Waals surface area contributed by atoms with Crippen LogP contribution in [0.5, 0.6) is 0 Å². The molecule has 11 nitrogen and oxygen atoms in total. The Balaban J connectivity index is 1.49. The molecule has 0 fully saturated rings. The first-order chi connectivity index (χ1) is 15.4. The molecule has 12 heteroatoms. The van der Waals surface area contributed by atoms with Crippen molar-refractivity contribution in [2.45, 2.75) is 32.9 Å². The van der Waals surface area contributed by atoms with Gasteiger partial charge in [0.2, 0.25) is 5.95 Å². The zero-order valence-electron chi connectivity index (χ0n) is 17.9. The Bertz CT molecular complexity index is 1270. The van der Waals surface area contributed by atoms with Gasteiger partial charge in [-0.25, -0.2) is 18.4 Å². The van der Waals surface area contributed by atoms with E-state index in [-0.39, 0.29) is 11.8 Å². The first kappa shape index (κ1) is 21.7. The lowest BCUT2D eigenvalue weighted by atomic mass is 10.2. The predicted molar refractivity (Wildman–Crippen MR) is 122 cm³/mol. The van der Waals surface area contributed by atoms with Gasteiger partial charge < -0.3 is 15.2 Å². The maximum atomic E-state index is 12.2. The number of fused-ring (bicyclic) bond motifs is 1. The molecular weight excluding hydrogens is 430 g/mol. The highest BCUT2D eigenvalue weighted by molar-refractivity contribution is 7.89. The van der Waals surface area contributed by atoms with Crippen molar-refractivity contribution in [1.82, 2.24) is 33.7 Å².